The summed E-state index contributed by atoms with van der Waals surface area (Å²) in [4.78, 5) is 0. The number of nitrogens with zero attached hydrogens (tertiary/aromatic N) is 2. The summed E-state index contributed by atoms with van der Waals surface area (Å²) in [6.45, 7) is 8.04. The summed E-state index contributed by atoms with van der Waals surface area (Å²) in [6, 6.07) is 0. The third kappa shape index (κ3) is 1.42. The summed E-state index contributed by atoms with van der Waals surface area (Å²) in [6.07, 6.45) is 4.07. The van der Waals surface area contributed by atoms with E-state index in [1.807, 2.05) is 17.8 Å². The Hall–Kier alpha value is -1.05. The molecule has 0 aliphatic carbocycles. The van der Waals surface area contributed by atoms with Crippen molar-refractivity contribution in [3.8, 4) is 0 Å². The molecule has 0 aliphatic heterocycles. The first-order chi connectivity index (χ1) is 5.70. The highest BCUT2D eigenvalue weighted by atomic mass is 15.3. The molecule has 66 valence electrons. The number of aromatic nitrogens is 2. The Kier molecular flexibility index (Phi) is 2.69. The summed E-state index contributed by atoms with van der Waals surface area (Å²) < 4.78 is 1.90. The highest BCUT2D eigenvalue weighted by Crippen LogP contribution is 2.14. The Morgan fingerprint density at radius 2 is 2.25 bits per heavy atom. The number of aryl methyl sites for hydroxylation is 2. The molecule has 1 aromatic rings. The molecule has 0 aliphatic rings. The molecule has 1 heterocycles. The fourth-order valence-corrected chi connectivity index (χ4v) is 1.46. The van der Waals surface area contributed by atoms with Gasteiger partial charge in [0.1, 0.15) is 0 Å². The zero-order valence-electron chi connectivity index (χ0n) is 8.09. The van der Waals surface area contributed by atoms with Crippen molar-refractivity contribution in [3.63, 3.8) is 0 Å². The molecule has 0 unspecified atom stereocenters. The van der Waals surface area contributed by atoms with Gasteiger partial charge in [-0.25, -0.2) is 0 Å². The van der Waals surface area contributed by atoms with Crippen molar-refractivity contribution in [1.82, 2.24) is 9.78 Å². The smallest absolute Gasteiger partial charge is 0.0659 e. The molecule has 12 heavy (non-hydrogen) atoms. The van der Waals surface area contributed by atoms with Crippen molar-refractivity contribution in [2.45, 2.75) is 26.7 Å². The Morgan fingerprint density at radius 3 is 2.67 bits per heavy atom. The van der Waals surface area contributed by atoms with Crippen molar-refractivity contribution in [3.05, 3.63) is 23.5 Å². The van der Waals surface area contributed by atoms with Gasteiger partial charge in [-0.3, -0.25) is 4.68 Å². The van der Waals surface area contributed by atoms with E-state index in [9.17, 15) is 0 Å². The lowest BCUT2D eigenvalue weighted by atomic mass is 10.1. The third-order valence-electron chi connectivity index (χ3n) is 2.12. The topological polar surface area (TPSA) is 17.8 Å². The molecule has 1 aromatic heterocycles. The zero-order chi connectivity index (χ0) is 9.14. The van der Waals surface area contributed by atoms with Gasteiger partial charge in [0, 0.05) is 7.05 Å². The van der Waals surface area contributed by atoms with Crippen LogP contribution in [0, 0.1) is 6.92 Å². The standard InChI is InChI=1S/C10H16N2/c1-5-7-9-8(3)10(6-2)12(4)11-9/h6H,2,5,7H2,1,3-4H3. The lowest BCUT2D eigenvalue weighted by Crippen LogP contribution is -1.93. The van der Waals surface area contributed by atoms with E-state index in [1.54, 1.807) is 0 Å². The molecule has 0 aromatic carbocycles. The predicted molar refractivity (Wildman–Crippen MR) is 52.0 cm³/mol. The monoisotopic (exact) mass is 164 g/mol. The molecular weight excluding hydrogens is 148 g/mol. The van der Waals surface area contributed by atoms with Crippen LogP contribution in [0.5, 0.6) is 0 Å². The Morgan fingerprint density at radius 1 is 1.58 bits per heavy atom. The van der Waals surface area contributed by atoms with Crippen LogP contribution in [-0.2, 0) is 13.5 Å². The minimum absolute atomic E-state index is 1.06. The lowest BCUT2D eigenvalue weighted by molar-refractivity contribution is 0.728. The quantitative estimate of drug-likeness (QED) is 0.670. The summed E-state index contributed by atoms with van der Waals surface area (Å²) in [5, 5.41) is 4.42. The molecule has 0 amide bonds. The van der Waals surface area contributed by atoms with E-state index in [0.29, 0.717) is 0 Å². The van der Waals surface area contributed by atoms with Crippen LogP contribution in [-0.4, -0.2) is 9.78 Å². The fraction of sp³-hybridized carbons (Fsp3) is 0.500. The molecule has 0 spiro atoms. The molecular formula is C10H16N2. The average Bonchev–Trinajstić information content (AvgIpc) is 2.29. The maximum atomic E-state index is 4.42. The van der Waals surface area contributed by atoms with Crippen LogP contribution >= 0.6 is 0 Å². The van der Waals surface area contributed by atoms with Crippen molar-refractivity contribution >= 4 is 6.08 Å². The van der Waals surface area contributed by atoms with Crippen LogP contribution in [0.3, 0.4) is 0 Å². The molecule has 2 nitrogen and oxygen atoms in total. The van der Waals surface area contributed by atoms with Gasteiger partial charge in [-0.1, -0.05) is 19.9 Å². The largest absolute Gasteiger partial charge is 0.268 e. The first kappa shape index (κ1) is 9.04. The van der Waals surface area contributed by atoms with Crippen molar-refractivity contribution in [2.75, 3.05) is 0 Å². The van der Waals surface area contributed by atoms with Gasteiger partial charge < -0.3 is 0 Å². The van der Waals surface area contributed by atoms with Gasteiger partial charge in [0.2, 0.25) is 0 Å². The number of rotatable bonds is 3. The number of hydrogen-bond acceptors (Lipinski definition) is 1. The second-order valence-electron chi connectivity index (χ2n) is 3.03. The first-order valence-electron chi connectivity index (χ1n) is 4.35. The molecule has 0 N–H and O–H groups in total. The Balaban J connectivity index is 3.08. The third-order valence-corrected chi connectivity index (χ3v) is 2.12. The van der Waals surface area contributed by atoms with Gasteiger partial charge in [-0.05, 0) is 25.0 Å². The highest BCUT2D eigenvalue weighted by molar-refractivity contribution is 5.48. The van der Waals surface area contributed by atoms with Gasteiger partial charge in [0.15, 0.2) is 0 Å². The molecule has 0 radical (unpaired) electrons. The second-order valence-corrected chi connectivity index (χ2v) is 3.03. The maximum Gasteiger partial charge on any atom is 0.0659 e. The average molecular weight is 164 g/mol. The van der Waals surface area contributed by atoms with Gasteiger partial charge in [-0.15, -0.1) is 0 Å². The second kappa shape index (κ2) is 3.57. The van der Waals surface area contributed by atoms with E-state index >= 15 is 0 Å². The van der Waals surface area contributed by atoms with Gasteiger partial charge in [-0.2, -0.15) is 5.10 Å². The van der Waals surface area contributed by atoms with E-state index < -0.39 is 0 Å². The molecule has 0 bridgehead atoms. The Labute approximate surface area is 73.9 Å². The first-order valence-corrected chi connectivity index (χ1v) is 4.35. The van der Waals surface area contributed by atoms with E-state index in [1.165, 1.54) is 11.3 Å². The number of hydrogen-bond donors (Lipinski definition) is 0. The highest BCUT2D eigenvalue weighted by Gasteiger charge is 2.07. The van der Waals surface area contributed by atoms with Crippen LogP contribution in [0.25, 0.3) is 6.08 Å². The molecule has 1 rings (SSSR count). The summed E-state index contributed by atoms with van der Waals surface area (Å²) in [5.74, 6) is 0. The van der Waals surface area contributed by atoms with Crippen LogP contribution < -0.4 is 0 Å². The van der Waals surface area contributed by atoms with E-state index in [-0.39, 0.29) is 0 Å². The summed E-state index contributed by atoms with van der Waals surface area (Å²) in [5.41, 5.74) is 3.61. The van der Waals surface area contributed by atoms with Gasteiger partial charge >= 0.3 is 0 Å². The van der Waals surface area contributed by atoms with Gasteiger partial charge in [0.05, 0.1) is 11.4 Å². The molecule has 0 saturated heterocycles. The minimum Gasteiger partial charge on any atom is -0.268 e. The van der Waals surface area contributed by atoms with Crippen LogP contribution in [0.2, 0.25) is 0 Å². The molecule has 0 saturated carbocycles. The Bertz CT molecular complexity index is 284. The SMILES string of the molecule is C=Cc1c(C)c(CCC)nn1C. The normalized spacial score (nSPS) is 10.2. The lowest BCUT2D eigenvalue weighted by Gasteiger charge is -1.93. The van der Waals surface area contributed by atoms with Crippen molar-refractivity contribution in [2.24, 2.45) is 7.05 Å². The zero-order valence-corrected chi connectivity index (χ0v) is 8.09. The van der Waals surface area contributed by atoms with E-state index in [2.05, 4.69) is 25.5 Å². The fourth-order valence-electron chi connectivity index (χ4n) is 1.46. The molecule has 2 heteroatoms. The van der Waals surface area contributed by atoms with Crippen LogP contribution in [0.15, 0.2) is 6.58 Å². The van der Waals surface area contributed by atoms with Gasteiger partial charge in [0.25, 0.3) is 0 Å². The summed E-state index contributed by atoms with van der Waals surface area (Å²) >= 11 is 0. The van der Waals surface area contributed by atoms with Crippen LogP contribution in [0.1, 0.15) is 30.3 Å². The predicted octanol–water partition coefficient (Wildman–Crippen LogP) is 2.32. The molecule has 0 fully saturated rings. The minimum atomic E-state index is 1.06. The molecule has 0 atom stereocenters. The maximum absolute atomic E-state index is 4.42. The van der Waals surface area contributed by atoms with E-state index in [0.717, 1.165) is 18.5 Å². The van der Waals surface area contributed by atoms with Crippen molar-refractivity contribution in [1.29, 1.82) is 0 Å². The van der Waals surface area contributed by atoms with Crippen molar-refractivity contribution < 1.29 is 0 Å². The van der Waals surface area contributed by atoms with Crippen LogP contribution in [0.4, 0.5) is 0 Å². The van der Waals surface area contributed by atoms with E-state index in [4.69, 9.17) is 0 Å². The summed E-state index contributed by atoms with van der Waals surface area (Å²) in [7, 11) is 1.96.